The van der Waals surface area contributed by atoms with E-state index in [4.69, 9.17) is 0 Å². The summed E-state index contributed by atoms with van der Waals surface area (Å²) in [6.07, 6.45) is 3.71. The summed E-state index contributed by atoms with van der Waals surface area (Å²) < 4.78 is 14.6. The first-order valence-corrected chi connectivity index (χ1v) is 14.6. The van der Waals surface area contributed by atoms with Crippen LogP contribution >= 0.6 is 0 Å². The van der Waals surface area contributed by atoms with Crippen molar-refractivity contribution in [2.75, 3.05) is 29.9 Å². The zero-order chi connectivity index (χ0) is 29.2. The predicted molar refractivity (Wildman–Crippen MR) is 157 cm³/mol. The molecule has 2 saturated heterocycles. The molecule has 0 aromatic heterocycles. The van der Waals surface area contributed by atoms with E-state index < -0.39 is 29.7 Å². The maximum atomic E-state index is 14.6. The minimum atomic E-state index is -0.988. The Kier molecular flexibility index (Phi) is 7.73. The molecule has 2 fully saturated rings. The Balaban J connectivity index is 1.03. The lowest BCUT2D eigenvalue weighted by Crippen LogP contribution is -2.54. The van der Waals surface area contributed by atoms with Gasteiger partial charge >= 0.3 is 0 Å². The molecule has 9 heteroatoms. The Morgan fingerprint density at radius 3 is 2.38 bits per heavy atom. The van der Waals surface area contributed by atoms with Crippen molar-refractivity contribution in [3.63, 3.8) is 0 Å². The third-order valence-electron chi connectivity index (χ3n) is 8.48. The van der Waals surface area contributed by atoms with Gasteiger partial charge in [0.15, 0.2) is 0 Å². The second-order valence-corrected chi connectivity index (χ2v) is 11.2. The van der Waals surface area contributed by atoms with Gasteiger partial charge in [-0.05, 0) is 85.5 Å². The molecule has 3 aliphatic heterocycles. The molecule has 0 saturated carbocycles. The Morgan fingerprint density at radius 1 is 0.857 bits per heavy atom. The van der Waals surface area contributed by atoms with Crippen molar-refractivity contribution in [3.8, 4) is 0 Å². The summed E-state index contributed by atoms with van der Waals surface area (Å²) in [5.41, 5.74) is 4.39. The Labute approximate surface area is 243 Å². The van der Waals surface area contributed by atoms with Crippen molar-refractivity contribution < 1.29 is 23.6 Å². The Morgan fingerprint density at radius 2 is 1.62 bits per heavy atom. The summed E-state index contributed by atoms with van der Waals surface area (Å²) in [5.74, 6) is -1.79. The molecule has 0 radical (unpaired) electrons. The number of carbonyl (C=O) groups is 4. The van der Waals surface area contributed by atoms with Gasteiger partial charge in [-0.25, -0.2) is 4.39 Å². The van der Waals surface area contributed by atoms with Crippen LogP contribution in [0.5, 0.6) is 0 Å². The molecule has 3 heterocycles. The van der Waals surface area contributed by atoms with Crippen LogP contribution in [-0.4, -0.2) is 54.2 Å². The summed E-state index contributed by atoms with van der Waals surface area (Å²) >= 11 is 0. The van der Waals surface area contributed by atoms with Gasteiger partial charge in [-0.2, -0.15) is 0 Å². The van der Waals surface area contributed by atoms with Gasteiger partial charge in [0, 0.05) is 37.4 Å². The van der Waals surface area contributed by atoms with E-state index in [1.165, 1.54) is 5.56 Å². The second-order valence-electron chi connectivity index (χ2n) is 11.2. The molecule has 0 bridgehead atoms. The van der Waals surface area contributed by atoms with Crippen LogP contribution in [0.3, 0.4) is 0 Å². The molecule has 2 N–H and O–H groups in total. The van der Waals surface area contributed by atoms with Crippen LogP contribution in [0.15, 0.2) is 66.7 Å². The number of benzene rings is 3. The summed E-state index contributed by atoms with van der Waals surface area (Å²) in [7, 11) is 0. The molecule has 0 spiro atoms. The van der Waals surface area contributed by atoms with Crippen LogP contribution in [0.25, 0.3) is 0 Å². The van der Waals surface area contributed by atoms with Crippen molar-refractivity contribution >= 4 is 35.0 Å². The molecule has 3 aromatic carbocycles. The van der Waals surface area contributed by atoms with E-state index in [0.29, 0.717) is 24.6 Å². The average molecular weight is 569 g/mol. The number of rotatable bonds is 8. The standard InChI is InChI=1S/C33H33FN4O4/c34-24-17-21(18-26(19-24)37-15-12-23(13-16-37)22-6-2-1-3-7-22)5-4-14-35-25-8-9-27-28(20-25)33(42)38(32(27)41)29-10-11-30(39)36-31(29)40/h1-3,6-9,17-20,23,29,35H,4-5,10-16H2,(H,36,39,40). The number of piperidine rings is 2. The van der Waals surface area contributed by atoms with Gasteiger partial charge in [0.05, 0.1) is 11.1 Å². The van der Waals surface area contributed by atoms with Gasteiger partial charge in [-0.15, -0.1) is 0 Å². The summed E-state index contributed by atoms with van der Waals surface area (Å²) in [6, 6.07) is 19.8. The van der Waals surface area contributed by atoms with Gasteiger partial charge in [-0.3, -0.25) is 29.4 Å². The van der Waals surface area contributed by atoms with E-state index in [2.05, 4.69) is 45.9 Å². The first-order valence-electron chi connectivity index (χ1n) is 14.6. The van der Waals surface area contributed by atoms with E-state index >= 15 is 0 Å². The number of amides is 4. The third kappa shape index (κ3) is 5.64. The molecule has 1 atom stereocenters. The van der Waals surface area contributed by atoms with Crippen LogP contribution < -0.4 is 15.5 Å². The lowest BCUT2D eigenvalue weighted by atomic mass is 9.89. The van der Waals surface area contributed by atoms with Crippen molar-refractivity contribution in [3.05, 3.63) is 94.8 Å². The smallest absolute Gasteiger partial charge is 0.262 e. The number of hydrogen-bond donors (Lipinski definition) is 2. The molecule has 1 unspecified atom stereocenters. The molecule has 6 rings (SSSR count). The van der Waals surface area contributed by atoms with E-state index in [9.17, 15) is 23.6 Å². The molecule has 8 nitrogen and oxygen atoms in total. The highest BCUT2D eigenvalue weighted by molar-refractivity contribution is 6.23. The molecule has 3 aliphatic rings. The minimum absolute atomic E-state index is 0.0795. The van der Waals surface area contributed by atoms with Crippen molar-refractivity contribution in [1.29, 1.82) is 0 Å². The number of fused-ring (bicyclic) bond motifs is 1. The fourth-order valence-corrected chi connectivity index (χ4v) is 6.26. The lowest BCUT2D eigenvalue weighted by Gasteiger charge is -2.34. The van der Waals surface area contributed by atoms with Crippen LogP contribution in [0.2, 0.25) is 0 Å². The number of carbonyl (C=O) groups excluding carboxylic acids is 4. The average Bonchev–Trinajstić information content (AvgIpc) is 3.24. The topological polar surface area (TPSA) is 98.8 Å². The molecule has 3 aromatic rings. The van der Waals surface area contributed by atoms with E-state index in [-0.39, 0.29) is 29.8 Å². The zero-order valence-corrected chi connectivity index (χ0v) is 23.3. The number of hydrogen-bond acceptors (Lipinski definition) is 6. The minimum Gasteiger partial charge on any atom is -0.385 e. The number of halogens is 1. The summed E-state index contributed by atoms with van der Waals surface area (Å²) in [6.45, 7) is 2.38. The number of nitrogens with zero attached hydrogens (tertiary/aromatic N) is 2. The van der Waals surface area contributed by atoms with E-state index in [1.54, 1.807) is 30.3 Å². The fraction of sp³-hybridized carbons (Fsp3) is 0.333. The quantitative estimate of drug-likeness (QED) is 0.303. The summed E-state index contributed by atoms with van der Waals surface area (Å²) in [4.78, 5) is 52.9. The fourth-order valence-electron chi connectivity index (χ4n) is 6.26. The monoisotopic (exact) mass is 568 g/mol. The maximum Gasteiger partial charge on any atom is 0.262 e. The van der Waals surface area contributed by atoms with Crippen molar-refractivity contribution in [2.24, 2.45) is 0 Å². The van der Waals surface area contributed by atoms with Crippen LogP contribution in [-0.2, 0) is 16.0 Å². The molecule has 4 amide bonds. The van der Waals surface area contributed by atoms with Gasteiger partial charge in [-0.1, -0.05) is 30.3 Å². The van der Waals surface area contributed by atoms with Gasteiger partial charge < -0.3 is 10.2 Å². The Bertz CT molecular complexity index is 1530. The number of aryl methyl sites for hydroxylation is 1. The highest BCUT2D eigenvalue weighted by Crippen LogP contribution is 2.32. The van der Waals surface area contributed by atoms with Gasteiger partial charge in [0.2, 0.25) is 11.8 Å². The predicted octanol–water partition coefficient (Wildman–Crippen LogP) is 4.66. The van der Waals surface area contributed by atoms with Crippen LogP contribution in [0, 0.1) is 5.82 Å². The highest BCUT2D eigenvalue weighted by atomic mass is 19.1. The second kappa shape index (κ2) is 11.8. The normalized spacial score (nSPS) is 19.2. The van der Waals surface area contributed by atoms with E-state index in [1.807, 2.05) is 6.07 Å². The largest absolute Gasteiger partial charge is 0.385 e. The molecule has 216 valence electrons. The number of nitrogens with one attached hydrogen (secondary N) is 2. The van der Waals surface area contributed by atoms with Crippen molar-refractivity contribution in [2.45, 2.75) is 50.5 Å². The van der Waals surface area contributed by atoms with Gasteiger partial charge in [0.1, 0.15) is 11.9 Å². The zero-order valence-electron chi connectivity index (χ0n) is 23.3. The summed E-state index contributed by atoms with van der Waals surface area (Å²) in [5, 5.41) is 5.50. The highest BCUT2D eigenvalue weighted by Gasteiger charge is 2.44. The van der Waals surface area contributed by atoms with Crippen LogP contribution in [0.1, 0.15) is 69.9 Å². The third-order valence-corrected chi connectivity index (χ3v) is 8.48. The Hall–Kier alpha value is -4.53. The lowest BCUT2D eigenvalue weighted by molar-refractivity contribution is -0.136. The molecular weight excluding hydrogens is 535 g/mol. The van der Waals surface area contributed by atoms with Gasteiger partial charge in [0.25, 0.3) is 11.8 Å². The van der Waals surface area contributed by atoms with Crippen molar-refractivity contribution in [1.82, 2.24) is 10.2 Å². The van der Waals surface area contributed by atoms with E-state index in [0.717, 1.165) is 48.5 Å². The number of imide groups is 2. The molecular formula is C33H33FN4O4. The molecule has 42 heavy (non-hydrogen) atoms. The van der Waals surface area contributed by atoms with Crippen LogP contribution in [0.4, 0.5) is 15.8 Å². The first kappa shape index (κ1) is 27.6. The first-order chi connectivity index (χ1) is 20.4. The SMILES string of the molecule is O=C1CCC(N2C(=O)c3ccc(NCCCc4cc(F)cc(N5CCC(c6ccccc6)CC5)c4)cc3C2=O)C(=O)N1. The number of anilines is 2. The maximum absolute atomic E-state index is 14.6. The molecule has 0 aliphatic carbocycles.